The van der Waals surface area contributed by atoms with Crippen molar-refractivity contribution < 1.29 is 9.59 Å². The van der Waals surface area contributed by atoms with Gasteiger partial charge in [0.05, 0.1) is 18.5 Å². The lowest BCUT2D eigenvalue weighted by atomic mass is 10.0. The molecule has 2 amide bonds. The monoisotopic (exact) mass is 393 g/mol. The van der Waals surface area contributed by atoms with Crippen molar-refractivity contribution in [3.63, 3.8) is 0 Å². The molecule has 1 aromatic carbocycles. The average molecular weight is 393 g/mol. The van der Waals surface area contributed by atoms with Gasteiger partial charge in [-0.1, -0.05) is 18.2 Å². The fraction of sp³-hybridized carbons (Fsp3) is 0.350. The van der Waals surface area contributed by atoms with Crippen molar-refractivity contribution in [2.75, 3.05) is 13.1 Å². The maximum Gasteiger partial charge on any atom is 0.254 e. The van der Waals surface area contributed by atoms with Crippen LogP contribution in [0.3, 0.4) is 0 Å². The van der Waals surface area contributed by atoms with E-state index in [9.17, 15) is 9.59 Å². The molecule has 1 N–H and O–H groups in total. The molecule has 0 unspecified atom stereocenters. The van der Waals surface area contributed by atoms with Crippen LogP contribution in [-0.2, 0) is 18.4 Å². The zero-order valence-electron chi connectivity index (χ0n) is 16.4. The van der Waals surface area contributed by atoms with Gasteiger partial charge in [0.1, 0.15) is 18.5 Å². The summed E-state index contributed by atoms with van der Waals surface area (Å²) in [5.41, 5.74) is 1.50. The Balaban J connectivity index is 1.59. The summed E-state index contributed by atoms with van der Waals surface area (Å²) in [5, 5.41) is 7.12. The molecule has 1 fully saturated rings. The highest BCUT2D eigenvalue weighted by Gasteiger charge is 2.39. The summed E-state index contributed by atoms with van der Waals surface area (Å²) >= 11 is 0. The lowest BCUT2D eigenvalue weighted by Gasteiger charge is -2.18. The molecule has 2 aromatic heterocycles. The van der Waals surface area contributed by atoms with Crippen LogP contribution in [0.5, 0.6) is 0 Å². The number of rotatable bonds is 5. The van der Waals surface area contributed by atoms with Gasteiger partial charge < -0.3 is 14.8 Å². The zero-order valence-corrected chi connectivity index (χ0v) is 16.4. The van der Waals surface area contributed by atoms with E-state index in [1.807, 2.05) is 42.1 Å². The summed E-state index contributed by atoms with van der Waals surface area (Å²) in [6.45, 7) is 2.89. The van der Waals surface area contributed by atoms with Crippen molar-refractivity contribution in [1.29, 1.82) is 0 Å². The highest BCUT2D eigenvalue weighted by Crippen LogP contribution is 2.28. The molecule has 9 heteroatoms. The van der Waals surface area contributed by atoms with Crippen molar-refractivity contribution in [3.05, 3.63) is 66.3 Å². The number of benzene rings is 1. The summed E-state index contributed by atoms with van der Waals surface area (Å²) in [6.07, 6.45) is 6.71. The van der Waals surface area contributed by atoms with Crippen LogP contribution in [0.4, 0.5) is 0 Å². The van der Waals surface area contributed by atoms with Gasteiger partial charge in [0.25, 0.3) is 5.91 Å². The Hall–Kier alpha value is -3.49. The Morgan fingerprint density at radius 2 is 2.07 bits per heavy atom. The fourth-order valence-corrected chi connectivity index (χ4v) is 3.90. The Morgan fingerprint density at radius 1 is 1.24 bits per heavy atom. The largest absolute Gasteiger partial charge is 0.351 e. The van der Waals surface area contributed by atoms with Gasteiger partial charge in [-0.25, -0.2) is 14.6 Å². The quantitative estimate of drug-likeness (QED) is 0.692. The van der Waals surface area contributed by atoms with Crippen LogP contribution >= 0.6 is 0 Å². The minimum Gasteiger partial charge on any atom is -0.351 e. The number of hydrogen-bond donors (Lipinski definition) is 1. The average Bonchev–Trinajstić information content (AvgIpc) is 3.43. The molecule has 0 radical (unpaired) electrons. The number of carbonyl (C=O) groups excluding carboxylic acids is 2. The van der Waals surface area contributed by atoms with Crippen molar-refractivity contribution >= 4 is 11.8 Å². The number of carbonyl (C=O) groups is 2. The molecule has 0 bridgehead atoms. The SMILES string of the molecule is CC(=O)N[C@@H]1CN(C(=O)c2ccccc2Cn2cncn2)C[C@H]1c1nccn1C. The van der Waals surface area contributed by atoms with E-state index in [2.05, 4.69) is 20.4 Å². The summed E-state index contributed by atoms with van der Waals surface area (Å²) in [6, 6.07) is 7.34. The van der Waals surface area contributed by atoms with Gasteiger partial charge in [0, 0.05) is 45.0 Å². The summed E-state index contributed by atoms with van der Waals surface area (Å²) in [5.74, 6) is 0.614. The van der Waals surface area contributed by atoms with Gasteiger partial charge in [0.2, 0.25) is 5.91 Å². The number of nitrogens with zero attached hydrogens (tertiary/aromatic N) is 6. The molecule has 29 heavy (non-hydrogen) atoms. The number of aryl methyl sites for hydroxylation is 1. The third-order valence-electron chi connectivity index (χ3n) is 5.23. The maximum atomic E-state index is 13.4. The number of hydrogen-bond acceptors (Lipinski definition) is 5. The van der Waals surface area contributed by atoms with Crippen LogP contribution < -0.4 is 5.32 Å². The Labute approximate surface area is 168 Å². The van der Waals surface area contributed by atoms with Crippen LogP contribution in [0.1, 0.15) is 34.6 Å². The fourth-order valence-electron chi connectivity index (χ4n) is 3.90. The number of likely N-dealkylation sites (tertiary alicyclic amines) is 1. The van der Waals surface area contributed by atoms with E-state index in [1.54, 1.807) is 22.1 Å². The molecule has 4 rings (SSSR count). The molecule has 1 aliphatic heterocycles. The number of nitrogens with one attached hydrogen (secondary N) is 1. The first-order valence-corrected chi connectivity index (χ1v) is 9.47. The third-order valence-corrected chi connectivity index (χ3v) is 5.23. The van der Waals surface area contributed by atoms with E-state index in [0.29, 0.717) is 25.2 Å². The second-order valence-electron chi connectivity index (χ2n) is 7.27. The third kappa shape index (κ3) is 3.89. The molecule has 3 heterocycles. The predicted octanol–water partition coefficient (Wildman–Crippen LogP) is 0.804. The molecular formula is C20H23N7O2. The number of amides is 2. The number of aromatic nitrogens is 5. The molecule has 3 aromatic rings. The van der Waals surface area contributed by atoms with Crippen molar-refractivity contribution in [3.8, 4) is 0 Å². The smallest absolute Gasteiger partial charge is 0.254 e. The Bertz CT molecular complexity index is 1010. The molecule has 1 aliphatic rings. The van der Waals surface area contributed by atoms with Crippen LogP contribution in [0, 0.1) is 0 Å². The molecule has 9 nitrogen and oxygen atoms in total. The molecule has 150 valence electrons. The minimum atomic E-state index is -0.181. The molecule has 0 saturated carbocycles. The van der Waals surface area contributed by atoms with E-state index >= 15 is 0 Å². The van der Waals surface area contributed by atoms with Crippen LogP contribution in [0.2, 0.25) is 0 Å². The van der Waals surface area contributed by atoms with Crippen molar-refractivity contribution in [2.45, 2.75) is 25.4 Å². The highest BCUT2D eigenvalue weighted by molar-refractivity contribution is 5.96. The minimum absolute atomic E-state index is 0.0622. The van der Waals surface area contributed by atoms with Gasteiger partial charge in [-0.2, -0.15) is 5.10 Å². The van der Waals surface area contributed by atoms with Gasteiger partial charge in [-0.3, -0.25) is 9.59 Å². The highest BCUT2D eigenvalue weighted by atomic mass is 16.2. The molecule has 0 spiro atoms. The van der Waals surface area contributed by atoms with Crippen molar-refractivity contribution in [2.24, 2.45) is 7.05 Å². The second kappa shape index (κ2) is 7.86. The molecule has 1 saturated heterocycles. The second-order valence-corrected chi connectivity index (χ2v) is 7.27. The van der Waals surface area contributed by atoms with E-state index < -0.39 is 0 Å². The van der Waals surface area contributed by atoms with E-state index in [1.165, 1.54) is 13.3 Å². The predicted molar refractivity (Wildman–Crippen MR) is 105 cm³/mol. The van der Waals surface area contributed by atoms with Gasteiger partial charge in [0.15, 0.2) is 0 Å². The van der Waals surface area contributed by atoms with Gasteiger partial charge >= 0.3 is 0 Å². The lowest BCUT2D eigenvalue weighted by Crippen LogP contribution is -2.39. The Morgan fingerprint density at radius 3 is 2.76 bits per heavy atom. The van der Waals surface area contributed by atoms with Crippen LogP contribution in [0.25, 0.3) is 0 Å². The maximum absolute atomic E-state index is 13.4. The first-order valence-electron chi connectivity index (χ1n) is 9.47. The standard InChI is InChI=1S/C20H23N7O2/c1-14(28)24-18-11-26(10-17(18)19-22-7-8-25(19)2)20(29)16-6-4-3-5-15(16)9-27-13-21-12-23-27/h3-8,12-13,17-18H,9-11H2,1-2H3,(H,24,28)/t17-,18-/m1/s1. The first kappa shape index (κ1) is 18.9. The lowest BCUT2D eigenvalue weighted by molar-refractivity contribution is -0.119. The first-order chi connectivity index (χ1) is 14.0. The summed E-state index contributed by atoms with van der Waals surface area (Å²) in [4.78, 5) is 35.3. The van der Waals surface area contributed by atoms with Crippen molar-refractivity contribution in [1.82, 2.24) is 34.5 Å². The van der Waals surface area contributed by atoms with Gasteiger partial charge in [-0.05, 0) is 11.6 Å². The molecular weight excluding hydrogens is 370 g/mol. The molecule has 2 atom stereocenters. The zero-order chi connectivity index (χ0) is 20.4. The normalized spacial score (nSPS) is 18.8. The molecule has 0 aliphatic carbocycles. The van der Waals surface area contributed by atoms with E-state index in [4.69, 9.17) is 0 Å². The summed E-state index contributed by atoms with van der Waals surface area (Å²) < 4.78 is 3.62. The van der Waals surface area contributed by atoms with E-state index in [0.717, 1.165) is 11.4 Å². The summed E-state index contributed by atoms with van der Waals surface area (Å²) in [7, 11) is 1.92. The number of imidazole rings is 1. The van der Waals surface area contributed by atoms with Crippen LogP contribution in [0.15, 0.2) is 49.3 Å². The van der Waals surface area contributed by atoms with Gasteiger partial charge in [-0.15, -0.1) is 0 Å². The van der Waals surface area contributed by atoms with Crippen LogP contribution in [-0.4, -0.2) is 60.2 Å². The Kier molecular flexibility index (Phi) is 5.11. The topological polar surface area (TPSA) is 97.9 Å². The van der Waals surface area contributed by atoms with E-state index in [-0.39, 0.29) is 23.8 Å².